The Labute approximate surface area is 172 Å². The van der Waals surface area contributed by atoms with Crippen molar-refractivity contribution in [2.24, 2.45) is 0 Å². The van der Waals surface area contributed by atoms with Gasteiger partial charge in [-0.1, -0.05) is 29.8 Å². The van der Waals surface area contributed by atoms with E-state index in [4.69, 9.17) is 4.74 Å². The second-order valence-electron chi connectivity index (χ2n) is 7.36. The molecule has 6 nitrogen and oxygen atoms in total. The first-order chi connectivity index (χ1) is 13.9. The number of nitrogens with one attached hydrogen (secondary N) is 1. The predicted molar refractivity (Wildman–Crippen MR) is 116 cm³/mol. The number of aryl methyl sites for hydroxylation is 2. The lowest BCUT2D eigenvalue weighted by molar-refractivity contribution is -0.117. The molecule has 0 aliphatic rings. The molecule has 3 rings (SSSR count). The van der Waals surface area contributed by atoms with E-state index in [1.807, 2.05) is 66.9 Å². The van der Waals surface area contributed by atoms with Crippen molar-refractivity contribution in [2.75, 3.05) is 26.0 Å². The minimum atomic E-state index is -0.0596. The topological polar surface area (TPSA) is 59.4 Å². The van der Waals surface area contributed by atoms with Crippen molar-refractivity contribution in [3.05, 3.63) is 71.0 Å². The number of carbonyl (C=O) groups excluding carboxylic acids is 1. The first-order valence-corrected chi connectivity index (χ1v) is 9.62. The van der Waals surface area contributed by atoms with E-state index in [2.05, 4.69) is 29.5 Å². The van der Waals surface area contributed by atoms with E-state index in [9.17, 15) is 4.79 Å². The molecule has 0 spiro atoms. The molecule has 0 saturated heterocycles. The van der Waals surface area contributed by atoms with Gasteiger partial charge in [-0.05, 0) is 57.6 Å². The van der Waals surface area contributed by atoms with Gasteiger partial charge in [0.25, 0.3) is 0 Å². The molecular weight excluding hydrogens is 364 g/mol. The summed E-state index contributed by atoms with van der Waals surface area (Å²) in [5.41, 5.74) is 5.79. The van der Waals surface area contributed by atoms with Gasteiger partial charge in [0.1, 0.15) is 5.75 Å². The van der Waals surface area contributed by atoms with Gasteiger partial charge in [0, 0.05) is 6.54 Å². The summed E-state index contributed by atoms with van der Waals surface area (Å²) in [6, 6.07) is 16.0. The van der Waals surface area contributed by atoms with Gasteiger partial charge in [-0.3, -0.25) is 9.69 Å². The lowest BCUT2D eigenvalue weighted by atomic mass is 10.2. The number of methoxy groups -OCH3 is 1. The first-order valence-electron chi connectivity index (χ1n) is 9.62. The second kappa shape index (κ2) is 8.92. The van der Waals surface area contributed by atoms with E-state index in [1.54, 1.807) is 7.11 Å². The summed E-state index contributed by atoms with van der Waals surface area (Å²) in [7, 11) is 3.58. The van der Waals surface area contributed by atoms with Gasteiger partial charge < -0.3 is 10.1 Å². The van der Waals surface area contributed by atoms with E-state index in [1.165, 1.54) is 5.56 Å². The van der Waals surface area contributed by atoms with Crippen molar-refractivity contribution in [1.29, 1.82) is 0 Å². The monoisotopic (exact) mass is 392 g/mol. The van der Waals surface area contributed by atoms with E-state index in [0.29, 0.717) is 13.1 Å². The molecule has 1 N–H and O–H groups in total. The average molecular weight is 393 g/mol. The van der Waals surface area contributed by atoms with Crippen LogP contribution in [0.15, 0.2) is 48.5 Å². The highest BCUT2D eigenvalue weighted by molar-refractivity contribution is 5.93. The number of carbonyl (C=O) groups is 1. The maximum Gasteiger partial charge on any atom is 0.238 e. The van der Waals surface area contributed by atoms with E-state index >= 15 is 0 Å². The molecule has 152 valence electrons. The summed E-state index contributed by atoms with van der Waals surface area (Å²) in [6.07, 6.45) is 0. The van der Waals surface area contributed by atoms with Crippen LogP contribution < -0.4 is 10.1 Å². The summed E-state index contributed by atoms with van der Waals surface area (Å²) in [4.78, 5) is 14.6. The Hall–Kier alpha value is -3.12. The normalized spacial score (nSPS) is 11.0. The molecule has 6 heteroatoms. The van der Waals surface area contributed by atoms with Crippen LogP contribution >= 0.6 is 0 Å². The second-order valence-corrected chi connectivity index (χ2v) is 7.36. The van der Waals surface area contributed by atoms with Crippen molar-refractivity contribution in [2.45, 2.75) is 27.3 Å². The van der Waals surface area contributed by atoms with Gasteiger partial charge in [0.2, 0.25) is 5.91 Å². The Balaban J connectivity index is 1.64. The lowest BCUT2D eigenvalue weighted by Gasteiger charge is -2.16. The molecule has 0 bridgehead atoms. The molecule has 0 saturated carbocycles. The van der Waals surface area contributed by atoms with Crippen LogP contribution in [0, 0.1) is 20.8 Å². The lowest BCUT2D eigenvalue weighted by Crippen LogP contribution is -2.30. The van der Waals surface area contributed by atoms with Crippen LogP contribution in [0.5, 0.6) is 5.75 Å². The Kier molecular flexibility index (Phi) is 6.34. The highest BCUT2D eigenvalue weighted by atomic mass is 16.5. The van der Waals surface area contributed by atoms with Crippen LogP contribution in [0.25, 0.3) is 5.69 Å². The molecule has 1 aromatic heterocycles. The number of ether oxygens (including phenoxy) is 1. The van der Waals surface area contributed by atoms with Crippen LogP contribution in [0.2, 0.25) is 0 Å². The molecular formula is C23H28N4O2. The smallest absolute Gasteiger partial charge is 0.238 e. The van der Waals surface area contributed by atoms with E-state index in [-0.39, 0.29) is 5.91 Å². The van der Waals surface area contributed by atoms with Crippen LogP contribution in [0.1, 0.15) is 22.5 Å². The van der Waals surface area contributed by atoms with Crippen LogP contribution in [-0.4, -0.2) is 41.3 Å². The maximum atomic E-state index is 12.6. The van der Waals surface area contributed by atoms with E-state index < -0.39 is 0 Å². The highest BCUT2D eigenvalue weighted by Gasteiger charge is 2.16. The summed E-state index contributed by atoms with van der Waals surface area (Å²) in [5.74, 6) is 0.765. The molecule has 0 unspecified atom stereocenters. The fourth-order valence-electron chi connectivity index (χ4n) is 3.28. The third-order valence-electron chi connectivity index (χ3n) is 4.86. The van der Waals surface area contributed by atoms with Crippen LogP contribution in [0.4, 0.5) is 5.69 Å². The van der Waals surface area contributed by atoms with E-state index in [0.717, 1.165) is 34.1 Å². The highest BCUT2D eigenvalue weighted by Crippen LogP contribution is 2.23. The largest absolute Gasteiger partial charge is 0.497 e. The molecule has 0 atom stereocenters. The number of hydrogen-bond donors (Lipinski definition) is 1. The zero-order chi connectivity index (χ0) is 21.0. The quantitative estimate of drug-likeness (QED) is 0.663. The number of aromatic nitrogens is 2. The van der Waals surface area contributed by atoms with Crippen molar-refractivity contribution >= 4 is 11.6 Å². The fraction of sp³-hybridized carbons (Fsp3) is 0.304. The third kappa shape index (κ3) is 5.03. The van der Waals surface area contributed by atoms with Crippen LogP contribution in [0.3, 0.4) is 0 Å². The fourth-order valence-corrected chi connectivity index (χ4v) is 3.28. The van der Waals surface area contributed by atoms with Gasteiger partial charge in [0.05, 0.1) is 36.4 Å². The average Bonchev–Trinajstić information content (AvgIpc) is 2.97. The molecule has 0 fully saturated rings. The number of nitrogens with zero attached hydrogens (tertiary/aromatic N) is 3. The molecule has 1 heterocycles. The zero-order valence-electron chi connectivity index (χ0n) is 17.7. The SMILES string of the molecule is COc1ccc(CN(C)CC(=O)Nc2c(C)nn(-c3ccc(C)cc3)c2C)cc1. The van der Waals surface area contributed by atoms with Gasteiger partial charge in [-0.25, -0.2) is 4.68 Å². The van der Waals surface area contributed by atoms with Gasteiger partial charge in [-0.2, -0.15) is 5.10 Å². The maximum absolute atomic E-state index is 12.6. The third-order valence-corrected chi connectivity index (χ3v) is 4.86. The number of benzene rings is 2. The number of hydrogen-bond acceptors (Lipinski definition) is 4. The minimum Gasteiger partial charge on any atom is -0.497 e. The number of rotatable bonds is 7. The van der Waals surface area contributed by atoms with Crippen molar-refractivity contribution in [1.82, 2.24) is 14.7 Å². The summed E-state index contributed by atoms with van der Waals surface area (Å²) < 4.78 is 7.05. The van der Waals surface area contributed by atoms with Gasteiger partial charge in [-0.15, -0.1) is 0 Å². The summed E-state index contributed by atoms with van der Waals surface area (Å²) in [6.45, 7) is 6.91. The molecule has 3 aromatic rings. The molecule has 1 amide bonds. The van der Waals surface area contributed by atoms with Crippen LogP contribution in [-0.2, 0) is 11.3 Å². The van der Waals surface area contributed by atoms with Crippen molar-refractivity contribution < 1.29 is 9.53 Å². The molecule has 29 heavy (non-hydrogen) atoms. The Bertz CT molecular complexity index is 975. The van der Waals surface area contributed by atoms with Gasteiger partial charge >= 0.3 is 0 Å². The molecule has 0 radical (unpaired) electrons. The molecule has 2 aromatic carbocycles. The predicted octanol–water partition coefficient (Wildman–Crippen LogP) is 3.88. The first kappa shape index (κ1) is 20.6. The van der Waals surface area contributed by atoms with Gasteiger partial charge in [0.15, 0.2) is 0 Å². The summed E-state index contributed by atoms with van der Waals surface area (Å²) >= 11 is 0. The number of likely N-dealkylation sites (N-methyl/N-ethyl adjacent to an activating group) is 1. The number of amides is 1. The Morgan fingerprint density at radius 1 is 1.07 bits per heavy atom. The summed E-state index contributed by atoms with van der Waals surface area (Å²) in [5, 5.41) is 7.63. The van der Waals surface area contributed by atoms with Crippen molar-refractivity contribution in [3.63, 3.8) is 0 Å². The molecule has 0 aliphatic carbocycles. The Morgan fingerprint density at radius 3 is 2.34 bits per heavy atom. The zero-order valence-corrected chi connectivity index (χ0v) is 17.7. The number of anilines is 1. The minimum absolute atomic E-state index is 0.0596. The van der Waals surface area contributed by atoms with Crippen molar-refractivity contribution in [3.8, 4) is 11.4 Å². The molecule has 0 aliphatic heterocycles. The standard InChI is InChI=1S/C23H28N4O2/c1-16-6-10-20(11-7-16)27-18(3)23(17(2)25-27)24-22(28)15-26(4)14-19-8-12-21(29-5)13-9-19/h6-13H,14-15H2,1-5H3,(H,24,28). The Morgan fingerprint density at radius 2 is 1.72 bits per heavy atom.